The van der Waals surface area contributed by atoms with E-state index in [0.29, 0.717) is 28.6 Å². The number of methoxy groups -OCH3 is 2. The number of anilines is 1. The van der Waals surface area contributed by atoms with Gasteiger partial charge < -0.3 is 24.4 Å². The Bertz CT molecular complexity index is 671. The highest BCUT2D eigenvalue weighted by atomic mass is 16.5. The van der Waals surface area contributed by atoms with Gasteiger partial charge in [0, 0.05) is 18.2 Å². The van der Waals surface area contributed by atoms with Crippen molar-refractivity contribution >= 4 is 11.8 Å². The Morgan fingerprint density at radius 1 is 1.35 bits per heavy atom. The second kappa shape index (κ2) is 7.50. The van der Waals surface area contributed by atoms with Gasteiger partial charge in [-0.1, -0.05) is 5.16 Å². The first-order valence-electron chi connectivity index (χ1n) is 6.91. The molecule has 0 aliphatic heterocycles. The van der Waals surface area contributed by atoms with E-state index in [2.05, 4.69) is 15.8 Å². The highest BCUT2D eigenvalue weighted by Crippen LogP contribution is 2.29. The summed E-state index contributed by atoms with van der Waals surface area (Å²) in [7, 11) is 3.04. The number of aliphatic hydroxyl groups is 1. The summed E-state index contributed by atoms with van der Waals surface area (Å²) in [4.78, 5) is 11.8. The lowest BCUT2D eigenvalue weighted by Crippen LogP contribution is -2.32. The molecule has 2 rings (SSSR count). The number of hydrogen-bond acceptors (Lipinski definition) is 6. The fourth-order valence-corrected chi connectivity index (χ4v) is 1.98. The monoisotopic (exact) mass is 321 g/mol. The van der Waals surface area contributed by atoms with Gasteiger partial charge >= 0.3 is 6.03 Å². The van der Waals surface area contributed by atoms with Gasteiger partial charge in [0.2, 0.25) is 0 Å². The lowest BCUT2D eigenvalue weighted by atomic mass is 10.1. The number of nitrogens with one attached hydrogen (secondary N) is 2. The summed E-state index contributed by atoms with van der Waals surface area (Å²) in [6.45, 7) is 1.71. The number of aryl methyl sites for hydroxylation is 1. The molecule has 8 nitrogen and oxygen atoms in total. The van der Waals surface area contributed by atoms with E-state index in [1.807, 2.05) is 0 Å². The van der Waals surface area contributed by atoms with Gasteiger partial charge in [-0.15, -0.1) is 0 Å². The molecule has 0 saturated carbocycles. The molecule has 1 atom stereocenters. The predicted octanol–water partition coefficient (Wildman–Crippen LogP) is 1.86. The van der Waals surface area contributed by atoms with E-state index in [0.717, 1.165) is 0 Å². The first-order chi connectivity index (χ1) is 11.0. The number of carbonyl (C=O) groups excluding carboxylic acids is 1. The zero-order chi connectivity index (χ0) is 16.8. The number of ether oxygens (including phenoxy) is 2. The second-order valence-electron chi connectivity index (χ2n) is 4.78. The van der Waals surface area contributed by atoms with Crippen LogP contribution in [0.15, 0.2) is 28.8 Å². The third kappa shape index (κ3) is 4.36. The van der Waals surface area contributed by atoms with Crippen LogP contribution in [-0.2, 0) is 0 Å². The van der Waals surface area contributed by atoms with Gasteiger partial charge in [-0.25, -0.2) is 4.79 Å². The molecule has 8 heteroatoms. The van der Waals surface area contributed by atoms with Crippen LogP contribution >= 0.6 is 0 Å². The van der Waals surface area contributed by atoms with E-state index in [1.54, 1.807) is 31.2 Å². The lowest BCUT2D eigenvalue weighted by Gasteiger charge is -2.16. The van der Waals surface area contributed by atoms with Gasteiger partial charge in [-0.05, 0) is 25.1 Å². The number of aromatic nitrogens is 1. The van der Waals surface area contributed by atoms with Crippen molar-refractivity contribution in [1.29, 1.82) is 0 Å². The molecule has 23 heavy (non-hydrogen) atoms. The van der Waals surface area contributed by atoms with Crippen LogP contribution < -0.4 is 20.1 Å². The summed E-state index contributed by atoms with van der Waals surface area (Å²) in [5.74, 6) is 1.98. The average Bonchev–Trinajstić information content (AvgIpc) is 2.96. The van der Waals surface area contributed by atoms with Crippen LogP contribution in [0, 0.1) is 6.92 Å². The number of hydrogen-bond donors (Lipinski definition) is 3. The summed E-state index contributed by atoms with van der Waals surface area (Å²) in [5.41, 5.74) is 0.518. The zero-order valence-electron chi connectivity index (χ0n) is 13.1. The van der Waals surface area contributed by atoms with Gasteiger partial charge in [-0.2, -0.15) is 0 Å². The van der Waals surface area contributed by atoms with Crippen LogP contribution in [0.4, 0.5) is 10.6 Å². The van der Waals surface area contributed by atoms with Crippen LogP contribution in [-0.4, -0.2) is 37.1 Å². The molecule has 0 radical (unpaired) electrons. The maximum atomic E-state index is 11.8. The minimum Gasteiger partial charge on any atom is -0.497 e. The van der Waals surface area contributed by atoms with Crippen molar-refractivity contribution in [3.8, 4) is 11.5 Å². The van der Waals surface area contributed by atoms with Crippen molar-refractivity contribution in [2.24, 2.45) is 0 Å². The lowest BCUT2D eigenvalue weighted by molar-refractivity contribution is 0.170. The molecule has 124 valence electrons. The number of aliphatic hydroxyl groups excluding tert-OH is 1. The number of benzene rings is 1. The molecular formula is C15H19N3O5. The minimum absolute atomic E-state index is 0.00774. The molecule has 1 aromatic heterocycles. The Hall–Kier alpha value is -2.74. The largest absolute Gasteiger partial charge is 0.497 e. The molecule has 0 aliphatic carbocycles. The molecule has 0 spiro atoms. The van der Waals surface area contributed by atoms with Crippen LogP contribution in [0.1, 0.15) is 17.4 Å². The normalized spacial score (nSPS) is 11.7. The van der Waals surface area contributed by atoms with E-state index in [9.17, 15) is 9.90 Å². The number of nitrogens with zero attached hydrogens (tertiary/aromatic N) is 1. The third-order valence-corrected chi connectivity index (χ3v) is 3.12. The number of rotatable bonds is 6. The van der Waals surface area contributed by atoms with Crippen LogP contribution in [0.3, 0.4) is 0 Å². The molecule has 0 bridgehead atoms. The molecular weight excluding hydrogens is 302 g/mol. The van der Waals surface area contributed by atoms with E-state index in [-0.39, 0.29) is 6.54 Å². The van der Waals surface area contributed by atoms with Gasteiger partial charge in [0.15, 0.2) is 5.82 Å². The molecule has 3 N–H and O–H groups in total. The molecule has 2 aromatic rings. The molecule has 0 fully saturated rings. The smallest absolute Gasteiger partial charge is 0.320 e. The first-order valence-corrected chi connectivity index (χ1v) is 6.91. The molecule has 0 aliphatic rings. The fraction of sp³-hybridized carbons (Fsp3) is 0.333. The van der Waals surface area contributed by atoms with Crippen molar-refractivity contribution in [3.63, 3.8) is 0 Å². The standard InChI is InChI=1S/C15H19N3O5/c1-9-6-14(18-23-9)17-15(20)16-8-12(19)11-7-10(21-2)4-5-13(11)22-3/h4-7,12,19H,8H2,1-3H3,(H2,16,17,18,20). The quantitative estimate of drug-likeness (QED) is 0.750. The van der Waals surface area contributed by atoms with Crippen LogP contribution in [0.5, 0.6) is 11.5 Å². The summed E-state index contributed by atoms with van der Waals surface area (Å²) >= 11 is 0. The van der Waals surface area contributed by atoms with E-state index in [4.69, 9.17) is 14.0 Å². The Kier molecular flexibility index (Phi) is 5.42. The van der Waals surface area contributed by atoms with Crippen molar-refractivity contribution in [2.45, 2.75) is 13.0 Å². The molecule has 2 amide bonds. The average molecular weight is 321 g/mol. The summed E-state index contributed by atoms with van der Waals surface area (Å²) in [5, 5.41) is 19.0. The van der Waals surface area contributed by atoms with E-state index in [1.165, 1.54) is 14.2 Å². The van der Waals surface area contributed by atoms with Gasteiger partial charge in [0.25, 0.3) is 0 Å². The first kappa shape index (κ1) is 16.6. The van der Waals surface area contributed by atoms with E-state index < -0.39 is 12.1 Å². The Balaban J connectivity index is 1.96. The Labute approximate surface area is 133 Å². The predicted molar refractivity (Wildman–Crippen MR) is 82.8 cm³/mol. The van der Waals surface area contributed by atoms with Crippen molar-refractivity contribution in [3.05, 3.63) is 35.6 Å². The zero-order valence-corrected chi connectivity index (χ0v) is 13.1. The van der Waals surface area contributed by atoms with Gasteiger partial charge in [0.05, 0.1) is 14.2 Å². The van der Waals surface area contributed by atoms with Crippen LogP contribution in [0.2, 0.25) is 0 Å². The van der Waals surface area contributed by atoms with Crippen molar-refractivity contribution in [2.75, 3.05) is 26.1 Å². The summed E-state index contributed by atoms with van der Waals surface area (Å²) in [6, 6.07) is 6.15. The second-order valence-corrected chi connectivity index (χ2v) is 4.78. The summed E-state index contributed by atoms with van der Waals surface area (Å²) < 4.78 is 15.2. The van der Waals surface area contributed by atoms with Gasteiger partial charge in [0.1, 0.15) is 23.4 Å². The number of amides is 2. The van der Waals surface area contributed by atoms with E-state index >= 15 is 0 Å². The summed E-state index contributed by atoms with van der Waals surface area (Å²) in [6.07, 6.45) is -0.954. The molecule has 1 aromatic carbocycles. The fourth-order valence-electron chi connectivity index (χ4n) is 1.98. The highest BCUT2D eigenvalue weighted by molar-refractivity contribution is 5.88. The maximum absolute atomic E-state index is 11.8. The van der Waals surface area contributed by atoms with Crippen LogP contribution in [0.25, 0.3) is 0 Å². The molecule has 1 unspecified atom stereocenters. The Morgan fingerprint density at radius 3 is 2.74 bits per heavy atom. The Morgan fingerprint density at radius 2 is 2.13 bits per heavy atom. The minimum atomic E-state index is -0.954. The number of urea groups is 1. The van der Waals surface area contributed by atoms with Crippen molar-refractivity contribution < 1.29 is 23.9 Å². The topological polar surface area (TPSA) is 106 Å². The highest BCUT2D eigenvalue weighted by Gasteiger charge is 2.16. The SMILES string of the molecule is COc1ccc(OC)c(C(O)CNC(=O)Nc2cc(C)on2)c1. The van der Waals surface area contributed by atoms with Gasteiger partial charge in [-0.3, -0.25) is 5.32 Å². The van der Waals surface area contributed by atoms with Crippen molar-refractivity contribution in [1.82, 2.24) is 10.5 Å². The third-order valence-electron chi connectivity index (χ3n) is 3.12. The molecule has 1 heterocycles. The maximum Gasteiger partial charge on any atom is 0.320 e. The molecule has 0 saturated heterocycles. The number of carbonyl (C=O) groups is 1.